The maximum atomic E-state index is 7.69. The van der Waals surface area contributed by atoms with Crippen LogP contribution >= 0.6 is 0 Å². The molecule has 0 amide bonds. The first-order valence-corrected chi connectivity index (χ1v) is 5.28. The maximum Gasteiger partial charge on any atom is 0.212 e. The predicted octanol–water partition coefficient (Wildman–Crippen LogP) is 3.41. The van der Waals surface area contributed by atoms with Crippen molar-refractivity contribution in [3.63, 3.8) is 0 Å². The zero-order valence-corrected chi connectivity index (χ0v) is 9.83. The SMILES string of the molecule is [2H]C([2H])([2H])c1ccc(-c2cc(C([2H])([2H])[2H])c(C([2H])([2H])[2H])c[n+]2C)c(C)c1. The fourth-order valence-corrected chi connectivity index (χ4v) is 1.87. The van der Waals surface area contributed by atoms with Crippen LogP contribution in [0.3, 0.4) is 0 Å². The van der Waals surface area contributed by atoms with Gasteiger partial charge >= 0.3 is 0 Å². The largest absolute Gasteiger partial charge is 0.212 e. The minimum Gasteiger partial charge on any atom is -0.201 e. The van der Waals surface area contributed by atoms with E-state index in [0.717, 1.165) is 0 Å². The van der Waals surface area contributed by atoms with Crippen molar-refractivity contribution in [1.82, 2.24) is 0 Å². The van der Waals surface area contributed by atoms with E-state index in [1.165, 1.54) is 24.4 Å². The van der Waals surface area contributed by atoms with Crippen LogP contribution < -0.4 is 4.57 Å². The zero-order chi connectivity index (χ0) is 20.1. The number of aryl methyl sites for hydroxylation is 5. The van der Waals surface area contributed by atoms with Crippen LogP contribution in [0, 0.1) is 27.5 Å². The Morgan fingerprint density at radius 3 is 2.47 bits per heavy atom. The molecule has 0 N–H and O–H groups in total. The summed E-state index contributed by atoms with van der Waals surface area (Å²) in [7, 11) is 1.63. The van der Waals surface area contributed by atoms with Crippen molar-refractivity contribution >= 4 is 0 Å². The highest BCUT2D eigenvalue weighted by Gasteiger charge is 2.13. The topological polar surface area (TPSA) is 3.88 Å². The summed E-state index contributed by atoms with van der Waals surface area (Å²) >= 11 is 0. The van der Waals surface area contributed by atoms with Crippen LogP contribution in [-0.2, 0) is 7.05 Å². The molecule has 0 radical (unpaired) electrons. The van der Waals surface area contributed by atoms with E-state index in [4.69, 9.17) is 12.3 Å². The summed E-state index contributed by atoms with van der Waals surface area (Å²) in [6.07, 6.45) is 1.31. The number of aromatic nitrogens is 1. The number of nitrogens with zero attached hydrogens (tertiary/aromatic N) is 1. The molecule has 0 saturated heterocycles. The molecule has 1 aromatic heterocycles. The van der Waals surface area contributed by atoms with Crippen LogP contribution in [-0.4, -0.2) is 0 Å². The highest BCUT2D eigenvalue weighted by atomic mass is 14.9. The fourth-order valence-electron chi connectivity index (χ4n) is 1.87. The molecule has 0 fully saturated rings. The summed E-state index contributed by atoms with van der Waals surface area (Å²) in [6, 6.07) is 5.98. The molecule has 2 aromatic rings. The Labute approximate surface area is 116 Å². The molecule has 0 bridgehead atoms. The number of pyridine rings is 1. The first-order chi connectivity index (χ1) is 11.6. The van der Waals surface area contributed by atoms with Gasteiger partial charge in [0.15, 0.2) is 6.20 Å². The van der Waals surface area contributed by atoms with Gasteiger partial charge in [-0.15, -0.1) is 0 Å². The van der Waals surface area contributed by atoms with Gasteiger partial charge in [-0.25, -0.2) is 4.57 Å². The van der Waals surface area contributed by atoms with E-state index < -0.39 is 20.6 Å². The third kappa shape index (κ3) is 2.23. The van der Waals surface area contributed by atoms with Gasteiger partial charge in [0.2, 0.25) is 5.69 Å². The van der Waals surface area contributed by atoms with Crippen LogP contribution in [0.25, 0.3) is 11.3 Å². The van der Waals surface area contributed by atoms with Gasteiger partial charge in [0.05, 0.1) is 0 Å². The Hall–Kier alpha value is -1.63. The van der Waals surface area contributed by atoms with E-state index >= 15 is 0 Å². The fraction of sp³-hybridized carbons (Fsp3) is 0.312. The Morgan fingerprint density at radius 1 is 1.00 bits per heavy atom. The minimum atomic E-state index is -2.58. The molecule has 1 heterocycles. The lowest BCUT2D eigenvalue weighted by Crippen LogP contribution is -2.31. The second-order valence-corrected chi connectivity index (χ2v) is 4.13. The first kappa shape index (κ1) is 4.93. The van der Waals surface area contributed by atoms with Gasteiger partial charge < -0.3 is 0 Å². The van der Waals surface area contributed by atoms with Crippen molar-refractivity contribution in [2.24, 2.45) is 7.05 Å². The summed E-state index contributed by atoms with van der Waals surface area (Å²) in [5.74, 6) is 0. The van der Waals surface area contributed by atoms with E-state index in [9.17, 15) is 0 Å². The summed E-state index contributed by atoms with van der Waals surface area (Å²) in [5.41, 5.74) is 1.54. The van der Waals surface area contributed by atoms with Crippen LogP contribution in [0.4, 0.5) is 0 Å². The second-order valence-electron chi connectivity index (χ2n) is 4.13. The average molecular weight is 235 g/mol. The van der Waals surface area contributed by atoms with Gasteiger partial charge in [-0.3, -0.25) is 0 Å². The van der Waals surface area contributed by atoms with Gasteiger partial charge in [-0.05, 0) is 44.7 Å². The smallest absolute Gasteiger partial charge is 0.201 e. The molecule has 0 saturated carbocycles. The van der Waals surface area contributed by atoms with Crippen molar-refractivity contribution in [2.75, 3.05) is 0 Å². The van der Waals surface area contributed by atoms with Crippen LogP contribution in [0.2, 0.25) is 0 Å². The van der Waals surface area contributed by atoms with Gasteiger partial charge in [0.1, 0.15) is 7.05 Å². The summed E-state index contributed by atoms with van der Waals surface area (Å²) < 4.78 is 69.9. The minimum absolute atomic E-state index is 0.191. The number of rotatable bonds is 1. The normalized spacial score (nSPS) is 20.7. The molecule has 0 unspecified atom stereocenters. The molecular weight excluding hydrogens is 206 g/mol. The Morgan fingerprint density at radius 2 is 1.82 bits per heavy atom. The number of hydrogen-bond acceptors (Lipinski definition) is 0. The molecule has 1 aromatic carbocycles. The van der Waals surface area contributed by atoms with Crippen molar-refractivity contribution in [3.05, 3.63) is 52.7 Å². The van der Waals surface area contributed by atoms with Crippen molar-refractivity contribution in [2.45, 2.75) is 27.5 Å². The van der Waals surface area contributed by atoms with Crippen LogP contribution in [0.5, 0.6) is 0 Å². The lowest BCUT2D eigenvalue weighted by molar-refractivity contribution is -0.660. The lowest BCUT2D eigenvalue weighted by Gasteiger charge is -2.07. The molecule has 17 heavy (non-hydrogen) atoms. The summed E-state index contributed by atoms with van der Waals surface area (Å²) in [5, 5.41) is 0. The molecule has 1 nitrogen and oxygen atoms in total. The second kappa shape index (κ2) is 4.33. The highest BCUT2D eigenvalue weighted by molar-refractivity contribution is 5.62. The lowest BCUT2D eigenvalue weighted by atomic mass is 10.0. The number of benzene rings is 1. The third-order valence-corrected chi connectivity index (χ3v) is 2.78. The predicted molar refractivity (Wildman–Crippen MR) is 72.0 cm³/mol. The quantitative estimate of drug-likeness (QED) is 0.667. The Kier molecular flexibility index (Phi) is 1.25. The van der Waals surface area contributed by atoms with Gasteiger partial charge in [0.25, 0.3) is 0 Å². The monoisotopic (exact) mass is 235 g/mol. The molecule has 0 aliphatic heterocycles. The molecule has 1 heteroatoms. The highest BCUT2D eigenvalue weighted by Crippen LogP contribution is 2.22. The van der Waals surface area contributed by atoms with Crippen molar-refractivity contribution in [1.29, 1.82) is 0 Å². The Balaban J connectivity index is 2.72. The summed E-state index contributed by atoms with van der Waals surface area (Å²) in [4.78, 5) is 0. The standard InChI is InChI=1S/C16H20N/c1-11-6-7-15(13(3)8-11)16-9-12(2)14(4)10-17(16)5/h6-10H,1-5H3/q+1/i1D3,2D3,4D3. The molecule has 2 rings (SSSR count). The molecule has 0 spiro atoms. The first-order valence-electron chi connectivity index (χ1n) is 9.78. The zero-order valence-electron chi connectivity index (χ0n) is 18.8. The number of hydrogen-bond donors (Lipinski definition) is 0. The molecule has 0 atom stereocenters. The average Bonchev–Trinajstić information content (AvgIpc) is 2.44. The van der Waals surface area contributed by atoms with Crippen LogP contribution in [0.1, 0.15) is 34.6 Å². The molecule has 0 aliphatic rings. The van der Waals surface area contributed by atoms with Crippen molar-refractivity contribution in [3.8, 4) is 11.3 Å². The molecule has 88 valence electrons. The molecule has 0 aliphatic carbocycles. The van der Waals surface area contributed by atoms with E-state index in [0.29, 0.717) is 16.8 Å². The van der Waals surface area contributed by atoms with E-state index in [2.05, 4.69) is 0 Å². The van der Waals surface area contributed by atoms with Gasteiger partial charge in [0, 0.05) is 29.5 Å². The molecular formula is C16H20N+. The van der Waals surface area contributed by atoms with Crippen molar-refractivity contribution < 1.29 is 16.9 Å². The van der Waals surface area contributed by atoms with Gasteiger partial charge in [-0.1, -0.05) is 17.7 Å². The third-order valence-electron chi connectivity index (χ3n) is 2.78. The van der Waals surface area contributed by atoms with E-state index in [-0.39, 0.29) is 16.7 Å². The maximum absolute atomic E-state index is 7.69. The van der Waals surface area contributed by atoms with Crippen LogP contribution in [0.15, 0.2) is 30.5 Å². The Bertz CT molecular complexity index is 829. The van der Waals surface area contributed by atoms with E-state index in [1.807, 2.05) is 0 Å². The summed E-state index contributed by atoms with van der Waals surface area (Å²) in [6.45, 7) is -5.64. The van der Waals surface area contributed by atoms with Gasteiger partial charge in [-0.2, -0.15) is 0 Å². The van der Waals surface area contributed by atoms with E-state index in [1.54, 1.807) is 24.6 Å².